The fraction of sp³-hybridized carbons (Fsp3) is 0.571. The fourth-order valence-electron chi connectivity index (χ4n) is 0.962. The summed E-state index contributed by atoms with van der Waals surface area (Å²) in [6.45, 7) is 1.68. The first-order valence-electron chi connectivity index (χ1n) is 4.09. The molecule has 0 fully saturated rings. The predicted octanol–water partition coefficient (Wildman–Crippen LogP) is 1.19. The van der Waals surface area contributed by atoms with Crippen LogP contribution in [0.4, 0.5) is 4.79 Å². The minimum Gasteiger partial charge on any atom is -0.450 e. The second kappa shape index (κ2) is 5.26. The normalized spacial score (nSPS) is 20.0. The van der Waals surface area contributed by atoms with Crippen LogP contribution in [0.3, 0.4) is 0 Å². The summed E-state index contributed by atoms with van der Waals surface area (Å²) in [5.74, 6) is 0.0783. The van der Waals surface area contributed by atoms with Crippen LogP contribution in [0.25, 0.3) is 0 Å². The largest absolute Gasteiger partial charge is 0.508 e. The molecule has 0 aromatic carbocycles. The van der Waals surface area contributed by atoms with Gasteiger partial charge in [-0.3, -0.25) is 4.79 Å². The lowest BCUT2D eigenvalue weighted by atomic mass is 10.4. The second-order valence-electron chi connectivity index (χ2n) is 2.64. The van der Waals surface area contributed by atoms with E-state index in [2.05, 4.69) is 22.5 Å². The van der Waals surface area contributed by atoms with Gasteiger partial charge in [-0.2, -0.15) is 22.7 Å². The first-order chi connectivity index (χ1) is 7.04. The van der Waals surface area contributed by atoms with E-state index in [4.69, 9.17) is 5.11 Å². The molecule has 0 spiro atoms. The van der Waals surface area contributed by atoms with E-state index in [-0.39, 0.29) is 12.3 Å². The number of hydrazone groups is 1. The molecule has 1 amide bonds. The molecule has 15 heavy (non-hydrogen) atoms. The number of carboxylic acid groups (broad SMARTS) is 1. The molecule has 0 bridgehead atoms. The summed E-state index contributed by atoms with van der Waals surface area (Å²) in [6.07, 6.45) is -1.24. The number of carbonyl (C=O) groups is 2. The van der Waals surface area contributed by atoms with Crippen molar-refractivity contribution in [1.82, 2.24) is 5.01 Å². The van der Waals surface area contributed by atoms with Gasteiger partial charge in [-0.25, -0.2) is 4.79 Å². The van der Waals surface area contributed by atoms with Crippen molar-refractivity contribution < 1.29 is 19.4 Å². The molecular formula is C7H10N2O4S2. The van der Waals surface area contributed by atoms with Crippen LogP contribution in [0.2, 0.25) is 0 Å². The van der Waals surface area contributed by atoms with Gasteiger partial charge in [0.25, 0.3) is 5.56 Å². The third-order valence-corrected chi connectivity index (χ3v) is 2.65. The maximum absolute atomic E-state index is 11.5. The van der Waals surface area contributed by atoms with E-state index in [9.17, 15) is 9.59 Å². The van der Waals surface area contributed by atoms with E-state index < -0.39 is 11.7 Å². The Morgan fingerprint density at radius 3 is 2.93 bits per heavy atom. The smallest absolute Gasteiger partial charge is 0.450 e. The number of thiol groups is 1. The number of nitrogens with zero attached hydrogens (tertiary/aromatic N) is 2. The fourth-order valence-corrected chi connectivity index (χ4v) is 1.98. The van der Waals surface area contributed by atoms with Crippen molar-refractivity contribution in [2.75, 3.05) is 5.75 Å². The standard InChI is InChI=1S/C7H10N2O4S2/c1-4-8-9(5(10)2-3-14)6(15-4)13-7(11)12/h6,14H,2-3H2,1H3,(H,11,12). The molecule has 0 radical (unpaired) electrons. The van der Waals surface area contributed by atoms with Gasteiger partial charge in [-0.05, 0) is 24.4 Å². The van der Waals surface area contributed by atoms with E-state index in [1.807, 2.05) is 0 Å². The molecule has 8 heteroatoms. The molecule has 1 aliphatic heterocycles. The number of hydrogen-bond donors (Lipinski definition) is 2. The van der Waals surface area contributed by atoms with Gasteiger partial charge in [-0.15, -0.1) is 0 Å². The lowest BCUT2D eigenvalue weighted by molar-refractivity contribution is -0.136. The van der Waals surface area contributed by atoms with Crippen molar-refractivity contribution >= 4 is 41.5 Å². The summed E-state index contributed by atoms with van der Waals surface area (Å²) in [6, 6.07) is 0. The molecular weight excluding hydrogens is 240 g/mol. The summed E-state index contributed by atoms with van der Waals surface area (Å²) < 4.78 is 4.51. The molecule has 1 N–H and O–H groups in total. The van der Waals surface area contributed by atoms with Crippen molar-refractivity contribution in [2.45, 2.75) is 18.9 Å². The van der Waals surface area contributed by atoms with Crippen LogP contribution in [0, 0.1) is 0 Å². The second-order valence-corrected chi connectivity index (χ2v) is 4.32. The zero-order valence-electron chi connectivity index (χ0n) is 7.91. The summed E-state index contributed by atoms with van der Waals surface area (Å²) >= 11 is 5.00. The summed E-state index contributed by atoms with van der Waals surface area (Å²) in [5.41, 5.74) is -0.908. The van der Waals surface area contributed by atoms with E-state index >= 15 is 0 Å². The summed E-state index contributed by atoms with van der Waals surface area (Å²) in [4.78, 5) is 21.8. The van der Waals surface area contributed by atoms with Crippen molar-refractivity contribution in [3.05, 3.63) is 0 Å². The number of hydrogen-bond acceptors (Lipinski definition) is 6. The highest BCUT2D eigenvalue weighted by molar-refractivity contribution is 8.14. The molecule has 1 rings (SSSR count). The van der Waals surface area contributed by atoms with Gasteiger partial charge in [0.05, 0.1) is 5.04 Å². The molecule has 1 aliphatic rings. The molecule has 1 atom stereocenters. The third-order valence-electron chi connectivity index (χ3n) is 1.50. The predicted molar refractivity (Wildman–Crippen MR) is 58.9 cm³/mol. The maximum Gasteiger partial charge on any atom is 0.508 e. The van der Waals surface area contributed by atoms with Crippen LogP contribution in [0.5, 0.6) is 0 Å². The zero-order valence-corrected chi connectivity index (χ0v) is 9.62. The Hall–Kier alpha value is -0.890. The van der Waals surface area contributed by atoms with E-state index in [0.717, 1.165) is 16.8 Å². The van der Waals surface area contributed by atoms with Crippen molar-refractivity contribution in [2.24, 2.45) is 5.10 Å². The minimum atomic E-state index is -1.43. The highest BCUT2D eigenvalue weighted by Crippen LogP contribution is 2.27. The molecule has 0 aromatic heterocycles. The number of ether oxygens (including phenoxy) is 1. The van der Waals surface area contributed by atoms with Crippen LogP contribution in [-0.4, -0.2) is 38.5 Å². The van der Waals surface area contributed by atoms with E-state index in [1.165, 1.54) is 0 Å². The topological polar surface area (TPSA) is 79.2 Å². The highest BCUT2D eigenvalue weighted by atomic mass is 32.2. The average Bonchev–Trinajstić information content (AvgIpc) is 2.46. The number of rotatable bonds is 3. The van der Waals surface area contributed by atoms with Crippen LogP contribution in [-0.2, 0) is 9.53 Å². The van der Waals surface area contributed by atoms with Gasteiger partial charge in [0.2, 0.25) is 5.91 Å². The molecule has 6 nitrogen and oxygen atoms in total. The SMILES string of the molecule is CC1=NN(C(=O)CCS)C(OC(=O)O)S1. The summed E-state index contributed by atoms with van der Waals surface area (Å²) in [5, 5.41) is 14.0. The van der Waals surface area contributed by atoms with Gasteiger partial charge >= 0.3 is 6.16 Å². The maximum atomic E-state index is 11.5. The van der Waals surface area contributed by atoms with Gasteiger partial charge in [0.1, 0.15) is 0 Å². The lowest BCUT2D eigenvalue weighted by Gasteiger charge is -2.18. The van der Waals surface area contributed by atoms with Crippen LogP contribution < -0.4 is 0 Å². The van der Waals surface area contributed by atoms with Gasteiger partial charge in [-0.1, -0.05) is 0 Å². The molecule has 0 saturated carbocycles. The van der Waals surface area contributed by atoms with Crippen LogP contribution in [0.1, 0.15) is 13.3 Å². The minimum absolute atomic E-state index is 0.194. The number of amides is 1. The zero-order chi connectivity index (χ0) is 11.4. The van der Waals surface area contributed by atoms with Crippen LogP contribution in [0.15, 0.2) is 5.10 Å². The number of thioether (sulfide) groups is 1. The van der Waals surface area contributed by atoms with Crippen molar-refractivity contribution in [3.63, 3.8) is 0 Å². The Morgan fingerprint density at radius 1 is 1.73 bits per heavy atom. The quantitative estimate of drug-likeness (QED) is 0.581. The lowest BCUT2D eigenvalue weighted by Crippen LogP contribution is -2.34. The Labute approximate surface area is 96.1 Å². The molecule has 1 heterocycles. The first-order valence-corrected chi connectivity index (χ1v) is 5.60. The Kier molecular flexibility index (Phi) is 4.28. The molecule has 1 unspecified atom stereocenters. The van der Waals surface area contributed by atoms with Crippen molar-refractivity contribution in [3.8, 4) is 0 Å². The Balaban J connectivity index is 2.65. The van der Waals surface area contributed by atoms with Gasteiger partial charge in [0, 0.05) is 6.42 Å². The van der Waals surface area contributed by atoms with Gasteiger partial charge < -0.3 is 9.84 Å². The third kappa shape index (κ3) is 3.31. The monoisotopic (exact) mass is 250 g/mol. The molecule has 84 valence electrons. The molecule has 0 saturated heterocycles. The molecule has 0 aromatic rings. The van der Waals surface area contributed by atoms with E-state index in [0.29, 0.717) is 10.8 Å². The van der Waals surface area contributed by atoms with Crippen molar-refractivity contribution in [1.29, 1.82) is 0 Å². The first kappa shape index (κ1) is 12.2. The number of carbonyl (C=O) groups excluding carboxylic acids is 1. The van der Waals surface area contributed by atoms with E-state index in [1.54, 1.807) is 6.92 Å². The van der Waals surface area contributed by atoms with Crippen LogP contribution >= 0.6 is 24.4 Å². The Morgan fingerprint density at radius 2 is 2.40 bits per heavy atom. The average molecular weight is 250 g/mol. The summed E-state index contributed by atoms with van der Waals surface area (Å²) in [7, 11) is 0. The highest BCUT2D eigenvalue weighted by Gasteiger charge is 2.33. The molecule has 0 aliphatic carbocycles. The Bertz CT molecular complexity index is 307. The van der Waals surface area contributed by atoms with Gasteiger partial charge in [0.15, 0.2) is 0 Å².